The van der Waals surface area contributed by atoms with Crippen LogP contribution in [0.2, 0.25) is 0 Å². The summed E-state index contributed by atoms with van der Waals surface area (Å²) in [5.41, 5.74) is 3.88. The predicted molar refractivity (Wildman–Crippen MR) is 93.0 cm³/mol. The molecule has 1 atom stereocenters. The number of benzene rings is 1. The number of piperidine rings is 1. The largest absolute Gasteiger partial charge is 0.341 e. The first kappa shape index (κ1) is 16.6. The lowest BCUT2D eigenvalue weighted by atomic mass is 10.0. The standard InChI is InChI=1S/C18H26N4O2/c1-12-3-5-15-13(11-12)4-6-16(15)21-18(24)22-9-7-14(8-10-22)20-17(23)19-2/h3,5,11,14,16H,4,6-10H2,1-2H3,(H,21,24)(H2,19,20,23). The van der Waals surface area contributed by atoms with Gasteiger partial charge in [0.25, 0.3) is 0 Å². The van der Waals surface area contributed by atoms with Crippen molar-refractivity contribution in [1.82, 2.24) is 20.9 Å². The molecule has 0 radical (unpaired) electrons. The first-order valence-electron chi connectivity index (χ1n) is 8.70. The summed E-state index contributed by atoms with van der Waals surface area (Å²) in [6, 6.07) is 6.58. The highest BCUT2D eigenvalue weighted by molar-refractivity contribution is 5.75. The number of hydrogen-bond acceptors (Lipinski definition) is 2. The van der Waals surface area contributed by atoms with Crippen LogP contribution < -0.4 is 16.0 Å². The van der Waals surface area contributed by atoms with E-state index in [1.165, 1.54) is 16.7 Å². The van der Waals surface area contributed by atoms with Crippen LogP contribution >= 0.6 is 0 Å². The number of hydrogen-bond donors (Lipinski definition) is 3. The first-order valence-corrected chi connectivity index (χ1v) is 8.70. The van der Waals surface area contributed by atoms with E-state index in [2.05, 4.69) is 41.1 Å². The molecule has 0 saturated carbocycles. The summed E-state index contributed by atoms with van der Waals surface area (Å²) in [4.78, 5) is 25.7. The van der Waals surface area contributed by atoms with Crippen LogP contribution in [0, 0.1) is 6.92 Å². The van der Waals surface area contributed by atoms with Gasteiger partial charge in [-0.3, -0.25) is 0 Å². The zero-order valence-electron chi connectivity index (χ0n) is 14.4. The van der Waals surface area contributed by atoms with Crippen molar-refractivity contribution in [3.63, 3.8) is 0 Å². The summed E-state index contributed by atoms with van der Waals surface area (Å²) < 4.78 is 0. The second kappa shape index (κ2) is 7.11. The minimum Gasteiger partial charge on any atom is -0.341 e. The number of carbonyl (C=O) groups excluding carboxylic acids is 2. The SMILES string of the molecule is CNC(=O)NC1CCN(C(=O)NC2CCc3cc(C)ccc32)CC1. The Kier molecular flexibility index (Phi) is 4.92. The maximum atomic E-state index is 12.5. The number of urea groups is 2. The fourth-order valence-corrected chi connectivity index (χ4v) is 3.62. The minimum absolute atomic E-state index is 0.00631. The van der Waals surface area contributed by atoms with Crippen LogP contribution in [0.5, 0.6) is 0 Å². The van der Waals surface area contributed by atoms with Crippen molar-refractivity contribution in [2.45, 2.75) is 44.7 Å². The summed E-state index contributed by atoms with van der Waals surface area (Å²) in [5.74, 6) is 0. The van der Waals surface area contributed by atoms with E-state index < -0.39 is 0 Å². The number of nitrogens with zero attached hydrogens (tertiary/aromatic N) is 1. The average molecular weight is 330 g/mol. The number of amides is 4. The maximum Gasteiger partial charge on any atom is 0.317 e. The van der Waals surface area contributed by atoms with Gasteiger partial charge in [-0.1, -0.05) is 23.8 Å². The molecule has 0 aromatic heterocycles. The Labute approximate surface area is 143 Å². The molecular formula is C18H26N4O2. The number of nitrogens with one attached hydrogen (secondary N) is 3. The Bertz CT molecular complexity index is 623. The van der Waals surface area contributed by atoms with Crippen molar-refractivity contribution in [3.8, 4) is 0 Å². The smallest absolute Gasteiger partial charge is 0.317 e. The molecule has 1 aliphatic heterocycles. The van der Waals surface area contributed by atoms with Crippen LogP contribution in [0.25, 0.3) is 0 Å². The summed E-state index contributed by atoms with van der Waals surface area (Å²) in [6.07, 6.45) is 3.59. The van der Waals surface area contributed by atoms with E-state index in [0.717, 1.165) is 25.7 Å². The van der Waals surface area contributed by atoms with Gasteiger partial charge in [-0.15, -0.1) is 0 Å². The van der Waals surface area contributed by atoms with Crippen LogP contribution in [-0.4, -0.2) is 43.1 Å². The van der Waals surface area contributed by atoms with Crippen LogP contribution in [-0.2, 0) is 6.42 Å². The van der Waals surface area contributed by atoms with Crippen molar-refractivity contribution in [2.24, 2.45) is 0 Å². The van der Waals surface area contributed by atoms with Gasteiger partial charge >= 0.3 is 12.1 Å². The molecule has 0 spiro atoms. The Morgan fingerprint density at radius 2 is 1.88 bits per heavy atom. The quantitative estimate of drug-likeness (QED) is 0.777. The van der Waals surface area contributed by atoms with Crippen LogP contribution in [0.4, 0.5) is 9.59 Å². The lowest BCUT2D eigenvalue weighted by Crippen LogP contribution is -2.51. The monoisotopic (exact) mass is 330 g/mol. The molecule has 4 amide bonds. The number of likely N-dealkylation sites (tertiary alicyclic amines) is 1. The third-order valence-corrected chi connectivity index (χ3v) is 5.02. The van der Waals surface area contributed by atoms with E-state index >= 15 is 0 Å². The fraction of sp³-hybridized carbons (Fsp3) is 0.556. The molecular weight excluding hydrogens is 304 g/mol. The molecule has 1 saturated heterocycles. The van der Waals surface area contributed by atoms with Gasteiger partial charge in [-0.2, -0.15) is 0 Å². The fourth-order valence-electron chi connectivity index (χ4n) is 3.62. The van der Waals surface area contributed by atoms with Crippen molar-refractivity contribution in [1.29, 1.82) is 0 Å². The Morgan fingerprint density at radius 1 is 1.12 bits per heavy atom. The molecule has 2 aliphatic rings. The van der Waals surface area contributed by atoms with Gasteiger partial charge in [0.1, 0.15) is 0 Å². The van der Waals surface area contributed by atoms with Gasteiger partial charge in [-0.25, -0.2) is 9.59 Å². The molecule has 6 nitrogen and oxygen atoms in total. The van der Waals surface area contributed by atoms with E-state index in [0.29, 0.717) is 13.1 Å². The van der Waals surface area contributed by atoms with Crippen LogP contribution in [0.1, 0.15) is 42.0 Å². The highest BCUT2D eigenvalue weighted by Gasteiger charge is 2.28. The summed E-state index contributed by atoms with van der Waals surface area (Å²) in [5, 5.41) is 8.65. The zero-order valence-corrected chi connectivity index (χ0v) is 14.4. The second-order valence-corrected chi connectivity index (χ2v) is 6.73. The van der Waals surface area contributed by atoms with Crippen molar-refractivity contribution >= 4 is 12.1 Å². The first-order chi connectivity index (χ1) is 11.6. The van der Waals surface area contributed by atoms with E-state index in [-0.39, 0.29) is 24.1 Å². The van der Waals surface area contributed by atoms with Crippen LogP contribution in [0.15, 0.2) is 18.2 Å². The Hall–Kier alpha value is -2.24. The van der Waals surface area contributed by atoms with Crippen LogP contribution in [0.3, 0.4) is 0 Å². The van der Waals surface area contributed by atoms with Gasteiger partial charge in [-0.05, 0) is 43.7 Å². The topological polar surface area (TPSA) is 73.5 Å². The predicted octanol–water partition coefficient (Wildman–Crippen LogP) is 2.09. The molecule has 24 heavy (non-hydrogen) atoms. The highest BCUT2D eigenvalue weighted by Crippen LogP contribution is 2.31. The van der Waals surface area contributed by atoms with E-state index in [4.69, 9.17) is 0 Å². The molecule has 130 valence electrons. The normalized spacial score (nSPS) is 20.4. The zero-order chi connectivity index (χ0) is 17.1. The Balaban J connectivity index is 1.52. The van der Waals surface area contributed by atoms with E-state index in [9.17, 15) is 9.59 Å². The number of fused-ring (bicyclic) bond motifs is 1. The van der Waals surface area contributed by atoms with Crippen molar-refractivity contribution in [3.05, 3.63) is 34.9 Å². The van der Waals surface area contributed by atoms with Crippen molar-refractivity contribution in [2.75, 3.05) is 20.1 Å². The summed E-state index contributed by atoms with van der Waals surface area (Å²) in [7, 11) is 1.61. The number of carbonyl (C=O) groups is 2. The molecule has 1 aromatic carbocycles. The van der Waals surface area contributed by atoms with Gasteiger partial charge < -0.3 is 20.9 Å². The molecule has 1 heterocycles. The maximum absolute atomic E-state index is 12.5. The number of aryl methyl sites for hydroxylation is 2. The lowest BCUT2D eigenvalue weighted by molar-refractivity contribution is 0.172. The average Bonchev–Trinajstić information content (AvgIpc) is 2.97. The molecule has 0 bridgehead atoms. The molecule has 1 aromatic rings. The lowest BCUT2D eigenvalue weighted by Gasteiger charge is -2.33. The van der Waals surface area contributed by atoms with Gasteiger partial charge in [0.2, 0.25) is 0 Å². The molecule has 1 fully saturated rings. The third-order valence-electron chi connectivity index (χ3n) is 5.02. The van der Waals surface area contributed by atoms with E-state index in [1.54, 1.807) is 7.05 Å². The van der Waals surface area contributed by atoms with Gasteiger partial charge in [0.05, 0.1) is 6.04 Å². The second-order valence-electron chi connectivity index (χ2n) is 6.73. The van der Waals surface area contributed by atoms with Crippen molar-refractivity contribution < 1.29 is 9.59 Å². The number of rotatable bonds is 2. The molecule has 3 N–H and O–H groups in total. The van der Waals surface area contributed by atoms with Gasteiger partial charge in [0, 0.05) is 26.2 Å². The third kappa shape index (κ3) is 3.63. The molecule has 3 rings (SSSR count). The molecule has 1 unspecified atom stereocenters. The van der Waals surface area contributed by atoms with Gasteiger partial charge in [0.15, 0.2) is 0 Å². The summed E-state index contributed by atoms with van der Waals surface area (Å²) >= 11 is 0. The molecule has 6 heteroatoms. The minimum atomic E-state index is -0.157. The van der Waals surface area contributed by atoms with E-state index in [1.807, 2.05) is 4.90 Å². The summed E-state index contributed by atoms with van der Waals surface area (Å²) in [6.45, 7) is 3.45. The Morgan fingerprint density at radius 3 is 2.58 bits per heavy atom. The molecule has 1 aliphatic carbocycles. The highest BCUT2D eigenvalue weighted by atomic mass is 16.2.